The molecule has 1 nitrogen and oxygen atoms in total. The predicted molar refractivity (Wildman–Crippen MR) is 42.0 cm³/mol. The van der Waals surface area contributed by atoms with Crippen LogP contribution in [-0.2, 0) is 4.74 Å². The molecular formula is C8H8F10O. The molecule has 116 valence electrons. The highest BCUT2D eigenvalue weighted by Gasteiger charge is 2.86. The maximum Gasteiger partial charge on any atom is 0.425 e. The Morgan fingerprint density at radius 3 is 1.32 bits per heavy atom. The zero-order valence-electron chi connectivity index (χ0n) is 9.39. The topological polar surface area (TPSA) is 9.23 Å². The molecule has 0 unspecified atom stereocenters. The molecule has 0 radical (unpaired) electrons. The van der Waals surface area contributed by atoms with Crippen LogP contribution in [0.2, 0.25) is 0 Å². The van der Waals surface area contributed by atoms with Gasteiger partial charge in [-0.25, -0.2) is 0 Å². The molecular weight excluding hydrogens is 302 g/mol. The monoisotopic (exact) mass is 310 g/mol. The van der Waals surface area contributed by atoms with E-state index in [0.29, 0.717) is 6.92 Å². The van der Waals surface area contributed by atoms with E-state index in [-0.39, 0.29) is 7.11 Å². The standard InChI is InChI=1S/C8H8F10O/c1-3-4(9,10)5(11,12)6(13,14)7(15,16)8(17,18)19-2/h3H2,1-2H3. The van der Waals surface area contributed by atoms with Gasteiger partial charge >= 0.3 is 29.8 Å². The van der Waals surface area contributed by atoms with E-state index in [9.17, 15) is 43.9 Å². The van der Waals surface area contributed by atoms with Crippen LogP contribution >= 0.6 is 0 Å². The smallest absolute Gasteiger partial charge is 0.319 e. The maximum absolute atomic E-state index is 12.8. The lowest BCUT2D eigenvalue weighted by Gasteiger charge is -2.38. The summed E-state index contributed by atoms with van der Waals surface area (Å²) < 4.78 is 129. The van der Waals surface area contributed by atoms with Crippen molar-refractivity contribution in [2.75, 3.05) is 7.11 Å². The van der Waals surface area contributed by atoms with E-state index >= 15 is 0 Å². The molecule has 0 atom stereocenters. The summed E-state index contributed by atoms with van der Waals surface area (Å²) in [5.74, 6) is -26.2. The van der Waals surface area contributed by atoms with E-state index in [1.807, 2.05) is 0 Å². The highest BCUT2D eigenvalue weighted by atomic mass is 19.4. The van der Waals surface area contributed by atoms with Gasteiger partial charge in [-0.3, -0.25) is 0 Å². The molecule has 0 spiro atoms. The van der Waals surface area contributed by atoms with Crippen LogP contribution < -0.4 is 0 Å². The molecule has 0 aliphatic rings. The van der Waals surface area contributed by atoms with Crippen molar-refractivity contribution in [3.63, 3.8) is 0 Å². The Balaban J connectivity index is 5.86. The van der Waals surface area contributed by atoms with Crippen molar-refractivity contribution in [1.82, 2.24) is 0 Å². The summed E-state index contributed by atoms with van der Waals surface area (Å²) in [6.07, 6.45) is -8.01. The zero-order valence-corrected chi connectivity index (χ0v) is 9.39. The lowest BCUT2D eigenvalue weighted by molar-refractivity contribution is -0.441. The Hall–Kier alpha value is -0.740. The molecule has 0 fully saturated rings. The first-order valence-corrected chi connectivity index (χ1v) is 4.56. The average molecular weight is 310 g/mol. The van der Waals surface area contributed by atoms with E-state index < -0.39 is 36.2 Å². The second kappa shape index (κ2) is 4.67. The summed E-state index contributed by atoms with van der Waals surface area (Å²) >= 11 is 0. The number of ether oxygens (including phenoxy) is 1. The molecule has 19 heavy (non-hydrogen) atoms. The summed E-state index contributed by atoms with van der Waals surface area (Å²) in [4.78, 5) is 0. The maximum atomic E-state index is 12.8. The first-order valence-electron chi connectivity index (χ1n) is 4.56. The normalized spacial score (nSPS) is 15.8. The van der Waals surface area contributed by atoms with E-state index in [1.165, 1.54) is 0 Å². The van der Waals surface area contributed by atoms with Gasteiger partial charge in [0.15, 0.2) is 0 Å². The third-order valence-corrected chi connectivity index (χ3v) is 2.31. The highest BCUT2D eigenvalue weighted by Crippen LogP contribution is 2.57. The Morgan fingerprint density at radius 2 is 1.05 bits per heavy atom. The number of hydrogen-bond donors (Lipinski definition) is 0. The number of halogens is 10. The van der Waals surface area contributed by atoms with Crippen molar-refractivity contribution in [3.05, 3.63) is 0 Å². The van der Waals surface area contributed by atoms with Gasteiger partial charge in [0.05, 0.1) is 0 Å². The minimum absolute atomic E-state index is 0.167. The molecule has 0 amide bonds. The fraction of sp³-hybridized carbons (Fsp3) is 1.00. The van der Waals surface area contributed by atoms with E-state index in [1.54, 1.807) is 0 Å². The fourth-order valence-corrected chi connectivity index (χ4v) is 0.960. The highest BCUT2D eigenvalue weighted by molar-refractivity contribution is 5.05. The van der Waals surface area contributed by atoms with Crippen LogP contribution in [0, 0.1) is 0 Å². The minimum Gasteiger partial charge on any atom is -0.319 e. The quantitative estimate of drug-likeness (QED) is 0.669. The van der Waals surface area contributed by atoms with Crippen molar-refractivity contribution >= 4 is 0 Å². The molecule has 0 N–H and O–H groups in total. The van der Waals surface area contributed by atoms with Crippen molar-refractivity contribution < 1.29 is 48.6 Å². The Labute approximate surface area is 100 Å². The molecule has 0 aromatic heterocycles. The largest absolute Gasteiger partial charge is 0.425 e. The molecule has 0 heterocycles. The molecule has 0 saturated heterocycles. The first-order chi connectivity index (χ1) is 8.12. The Bertz CT molecular complexity index is 293. The van der Waals surface area contributed by atoms with Gasteiger partial charge < -0.3 is 4.74 Å². The Morgan fingerprint density at radius 1 is 0.684 bits per heavy atom. The third kappa shape index (κ3) is 2.36. The summed E-state index contributed by atoms with van der Waals surface area (Å²) in [6.45, 7) is 0.302. The molecule has 0 aliphatic carbocycles. The molecule has 0 aliphatic heterocycles. The molecule has 0 aromatic rings. The molecule has 0 saturated carbocycles. The predicted octanol–water partition coefficient (Wildman–Crippen LogP) is 4.18. The molecule has 11 heteroatoms. The number of hydrogen-bond acceptors (Lipinski definition) is 1. The van der Waals surface area contributed by atoms with Crippen LogP contribution in [-0.4, -0.2) is 36.9 Å². The number of methoxy groups -OCH3 is 1. The van der Waals surface area contributed by atoms with E-state index in [0.717, 1.165) is 0 Å². The van der Waals surface area contributed by atoms with Crippen molar-refractivity contribution in [2.45, 2.75) is 43.1 Å². The van der Waals surface area contributed by atoms with Gasteiger partial charge in [0.2, 0.25) is 0 Å². The van der Waals surface area contributed by atoms with Gasteiger partial charge in [-0.2, -0.15) is 43.9 Å². The van der Waals surface area contributed by atoms with Crippen LogP contribution in [0.4, 0.5) is 43.9 Å². The van der Waals surface area contributed by atoms with E-state index in [2.05, 4.69) is 4.74 Å². The second-order valence-electron chi connectivity index (χ2n) is 3.50. The van der Waals surface area contributed by atoms with Gasteiger partial charge in [0, 0.05) is 13.5 Å². The van der Waals surface area contributed by atoms with Gasteiger partial charge in [0.25, 0.3) is 0 Å². The molecule has 0 rings (SSSR count). The summed E-state index contributed by atoms with van der Waals surface area (Å²) in [6, 6.07) is 0. The third-order valence-electron chi connectivity index (χ3n) is 2.31. The lowest BCUT2D eigenvalue weighted by atomic mass is 9.96. The van der Waals surface area contributed by atoms with Crippen LogP contribution in [0.3, 0.4) is 0 Å². The van der Waals surface area contributed by atoms with Gasteiger partial charge in [-0.15, -0.1) is 0 Å². The van der Waals surface area contributed by atoms with Gasteiger partial charge in [0.1, 0.15) is 0 Å². The molecule has 0 bridgehead atoms. The first kappa shape index (κ1) is 18.3. The van der Waals surface area contributed by atoms with Crippen LogP contribution in [0.15, 0.2) is 0 Å². The molecule has 0 aromatic carbocycles. The van der Waals surface area contributed by atoms with Crippen LogP contribution in [0.1, 0.15) is 13.3 Å². The van der Waals surface area contributed by atoms with Crippen molar-refractivity contribution in [1.29, 1.82) is 0 Å². The van der Waals surface area contributed by atoms with Crippen LogP contribution in [0.25, 0.3) is 0 Å². The Kier molecular flexibility index (Phi) is 4.49. The van der Waals surface area contributed by atoms with Crippen molar-refractivity contribution in [3.8, 4) is 0 Å². The van der Waals surface area contributed by atoms with Crippen LogP contribution in [0.5, 0.6) is 0 Å². The van der Waals surface area contributed by atoms with Gasteiger partial charge in [-0.05, 0) is 0 Å². The van der Waals surface area contributed by atoms with E-state index in [4.69, 9.17) is 0 Å². The van der Waals surface area contributed by atoms with Crippen molar-refractivity contribution in [2.24, 2.45) is 0 Å². The second-order valence-corrected chi connectivity index (χ2v) is 3.50. The minimum atomic E-state index is -7.03. The zero-order chi connectivity index (χ0) is 15.9. The number of alkyl halides is 10. The number of rotatable bonds is 6. The SMILES string of the molecule is CCC(F)(F)C(F)(F)C(F)(F)C(F)(F)C(F)(F)OC. The average Bonchev–Trinajstić information content (AvgIpc) is 2.27. The van der Waals surface area contributed by atoms with Gasteiger partial charge in [-0.1, -0.05) is 6.92 Å². The summed E-state index contributed by atoms with van der Waals surface area (Å²) in [7, 11) is -0.167. The fourth-order valence-electron chi connectivity index (χ4n) is 0.960. The summed E-state index contributed by atoms with van der Waals surface area (Å²) in [5.41, 5.74) is 0. The summed E-state index contributed by atoms with van der Waals surface area (Å²) in [5, 5.41) is 0. The lowest BCUT2D eigenvalue weighted by Crippen LogP contribution is -2.67.